The minimum Gasteiger partial charge on any atom is -0.371 e. The first-order chi connectivity index (χ1) is 11.3. The average molecular weight is 395 g/mol. The lowest BCUT2D eigenvalue weighted by Crippen LogP contribution is -2.40. The molecule has 1 aromatic rings. The van der Waals surface area contributed by atoms with Crippen molar-refractivity contribution in [3.8, 4) is 0 Å². The molecule has 1 saturated heterocycles. The summed E-state index contributed by atoms with van der Waals surface area (Å²) in [6.45, 7) is 1.58. The van der Waals surface area contributed by atoms with Crippen molar-refractivity contribution in [2.24, 2.45) is 5.92 Å². The van der Waals surface area contributed by atoms with E-state index in [1.165, 1.54) is 0 Å². The van der Waals surface area contributed by atoms with E-state index in [0.717, 1.165) is 11.8 Å². The van der Waals surface area contributed by atoms with E-state index in [0.29, 0.717) is 29.7 Å². The number of halogens is 2. The minimum atomic E-state index is -3.13. The third kappa shape index (κ3) is 5.60. The van der Waals surface area contributed by atoms with E-state index in [-0.39, 0.29) is 18.2 Å². The van der Waals surface area contributed by atoms with Crippen LogP contribution in [0.1, 0.15) is 11.7 Å². The monoisotopic (exact) mass is 394 g/mol. The van der Waals surface area contributed by atoms with Gasteiger partial charge in [-0.05, 0) is 17.7 Å². The molecular weight excluding hydrogens is 375 g/mol. The molecule has 2 rings (SSSR count). The molecule has 0 radical (unpaired) electrons. The lowest BCUT2D eigenvalue weighted by Gasteiger charge is -2.24. The predicted molar refractivity (Wildman–Crippen MR) is 94.2 cm³/mol. The molecule has 0 unspecified atom stereocenters. The van der Waals surface area contributed by atoms with E-state index in [9.17, 15) is 13.2 Å². The van der Waals surface area contributed by atoms with Gasteiger partial charge in [-0.15, -0.1) is 0 Å². The van der Waals surface area contributed by atoms with E-state index in [4.69, 9.17) is 27.9 Å². The van der Waals surface area contributed by atoms with Crippen molar-refractivity contribution >= 4 is 38.9 Å². The highest BCUT2D eigenvalue weighted by Crippen LogP contribution is 2.32. The van der Waals surface area contributed by atoms with Gasteiger partial charge in [0.2, 0.25) is 5.91 Å². The lowest BCUT2D eigenvalue weighted by atomic mass is 9.94. The van der Waals surface area contributed by atoms with Crippen LogP contribution >= 0.6 is 23.2 Å². The molecule has 2 atom stereocenters. The number of nitrogens with one attached hydrogen (secondary N) is 2. The second-order valence-corrected chi connectivity index (χ2v) is 8.77. The van der Waals surface area contributed by atoms with Gasteiger partial charge in [-0.25, -0.2) is 8.42 Å². The second-order valence-electron chi connectivity index (χ2n) is 5.70. The fraction of sp³-hybridized carbons (Fsp3) is 0.533. The predicted octanol–water partition coefficient (Wildman–Crippen LogP) is 1.43. The van der Waals surface area contributed by atoms with E-state index in [2.05, 4.69) is 10.6 Å². The highest BCUT2D eigenvalue weighted by molar-refractivity contribution is 7.90. The van der Waals surface area contributed by atoms with Gasteiger partial charge in [-0.1, -0.05) is 29.3 Å². The molecule has 0 aliphatic carbocycles. The number of hydrogen-bond acceptors (Lipinski definition) is 5. The molecule has 134 valence electrons. The summed E-state index contributed by atoms with van der Waals surface area (Å²) >= 11 is 12.0. The van der Waals surface area contributed by atoms with Crippen LogP contribution < -0.4 is 10.6 Å². The number of benzene rings is 1. The van der Waals surface area contributed by atoms with Crippen molar-refractivity contribution in [1.82, 2.24) is 10.6 Å². The summed E-state index contributed by atoms with van der Waals surface area (Å²) in [4.78, 5) is 12.5. The van der Waals surface area contributed by atoms with Gasteiger partial charge in [0, 0.05) is 25.9 Å². The molecule has 2 N–H and O–H groups in total. The first kappa shape index (κ1) is 19.5. The van der Waals surface area contributed by atoms with Crippen LogP contribution in [0.2, 0.25) is 10.0 Å². The number of carbonyl (C=O) groups excluding carboxylic acids is 1. The molecule has 1 aliphatic rings. The number of carbonyl (C=O) groups is 1. The summed E-state index contributed by atoms with van der Waals surface area (Å²) in [5.74, 6) is -0.856. The van der Waals surface area contributed by atoms with E-state index in [1.807, 2.05) is 0 Å². The molecule has 6 nitrogen and oxygen atoms in total. The van der Waals surface area contributed by atoms with Gasteiger partial charge in [-0.2, -0.15) is 0 Å². The molecule has 0 bridgehead atoms. The molecule has 1 heterocycles. The van der Waals surface area contributed by atoms with E-state index >= 15 is 0 Å². The molecule has 0 saturated carbocycles. The third-order valence-electron chi connectivity index (χ3n) is 3.69. The number of rotatable bonds is 5. The van der Waals surface area contributed by atoms with Gasteiger partial charge in [0.25, 0.3) is 0 Å². The number of sulfone groups is 1. The molecule has 1 amide bonds. The summed E-state index contributed by atoms with van der Waals surface area (Å²) in [7, 11) is -3.13. The Kier molecular flexibility index (Phi) is 6.88. The fourth-order valence-corrected chi connectivity index (χ4v) is 3.26. The molecule has 1 aromatic carbocycles. The van der Waals surface area contributed by atoms with E-state index in [1.54, 1.807) is 18.2 Å². The molecule has 1 fully saturated rings. The van der Waals surface area contributed by atoms with Crippen LogP contribution in [0.5, 0.6) is 0 Å². The first-order valence-corrected chi connectivity index (χ1v) is 10.3. The van der Waals surface area contributed by atoms with Crippen LogP contribution in [0.15, 0.2) is 18.2 Å². The van der Waals surface area contributed by atoms with Crippen molar-refractivity contribution in [2.75, 3.05) is 38.2 Å². The van der Waals surface area contributed by atoms with Crippen molar-refractivity contribution < 1.29 is 17.9 Å². The highest BCUT2D eigenvalue weighted by atomic mass is 35.5. The largest absolute Gasteiger partial charge is 0.371 e. The zero-order valence-corrected chi connectivity index (χ0v) is 15.5. The van der Waals surface area contributed by atoms with Crippen molar-refractivity contribution in [2.45, 2.75) is 6.10 Å². The van der Waals surface area contributed by atoms with Crippen molar-refractivity contribution in [3.63, 3.8) is 0 Å². The van der Waals surface area contributed by atoms with Crippen molar-refractivity contribution in [1.29, 1.82) is 0 Å². The van der Waals surface area contributed by atoms with Gasteiger partial charge in [0.15, 0.2) is 0 Å². The first-order valence-electron chi connectivity index (χ1n) is 7.50. The van der Waals surface area contributed by atoms with Crippen LogP contribution in [0, 0.1) is 5.92 Å². The Bertz CT molecular complexity index is 697. The van der Waals surface area contributed by atoms with Gasteiger partial charge < -0.3 is 15.4 Å². The van der Waals surface area contributed by atoms with Crippen LogP contribution in [0.4, 0.5) is 0 Å². The Morgan fingerprint density at radius 3 is 2.79 bits per heavy atom. The molecule has 0 spiro atoms. The molecular formula is C15H20Cl2N2O4S. The second kappa shape index (κ2) is 8.49. The molecule has 24 heavy (non-hydrogen) atoms. The van der Waals surface area contributed by atoms with Gasteiger partial charge in [0.1, 0.15) is 9.84 Å². The number of ether oxygens (including phenoxy) is 1. The Morgan fingerprint density at radius 1 is 1.38 bits per heavy atom. The maximum Gasteiger partial charge on any atom is 0.227 e. The quantitative estimate of drug-likeness (QED) is 0.788. The standard InChI is InChI=1S/C15H20Cl2N2O4S/c1-24(21,22)7-5-19-15(20)11-9-18-4-6-23-14(11)10-2-3-12(16)13(17)8-10/h2-3,8,11,14,18H,4-7,9H2,1H3,(H,19,20)/t11-,14+/m1/s1. The number of amides is 1. The maximum atomic E-state index is 12.5. The van der Waals surface area contributed by atoms with E-state index < -0.39 is 21.9 Å². The SMILES string of the molecule is CS(=O)(=O)CCNC(=O)[C@@H]1CNCCO[C@H]1c1ccc(Cl)c(Cl)c1. The highest BCUT2D eigenvalue weighted by Gasteiger charge is 2.32. The Morgan fingerprint density at radius 2 is 2.12 bits per heavy atom. The summed E-state index contributed by atoms with van der Waals surface area (Å²) in [6.07, 6.45) is 0.654. The zero-order valence-electron chi connectivity index (χ0n) is 13.2. The van der Waals surface area contributed by atoms with Crippen LogP contribution in [-0.4, -0.2) is 52.6 Å². The third-order valence-corrected chi connectivity index (χ3v) is 5.37. The zero-order chi connectivity index (χ0) is 17.7. The van der Waals surface area contributed by atoms with Crippen LogP contribution in [-0.2, 0) is 19.4 Å². The Balaban J connectivity index is 2.13. The fourth-order valence-electron chi connectivity index (χ4n) is 2.48. The molecule has 0 aromatic heterocycles. The minimum absolute atomic E-state index is 0.0717. The summed E-state index contributed by atoms with van der Waals surface area (Å²) < 4.78 is 28.2. The van der Waals surface area contributed by atoms with Gasteiger partial charge in [-0.3, -0.25) is 4.79 Å². The lowest BCUT2D eigenvalue weighted by molar-refractivity contribution is -0.129. The Labute approximate surface area is 151 Å². The summed E-state index contributed by atoms with van der Waals surface area (Å²) in [5.41, 5.74) is 0.761. The Hall–Kier alpha value is -0.860. The smallest absolute Gasteiger partial charge is 0.227 e. The average Bonchev–Trinajstić information content (AvgIpc) is 2.74. The number of hydrogen-bond donors (Lipinski definition) is 2. The molecule has 1 aliphatic heterocycles. The summed E-state index contributed by atoms with van der Waals surface area (Å²) in [5, 5.41) is 6.64. The molecule has 9 heteroatoms. The van der Waals surface area contributed by atoms with Crippen LogP contribution in [0.25, 0.3) is 0 Å². The maximum absolute atomic E-state index is 12.5. The van der Waals surface area contributed by atoms with Gasteiger partial charge >= 0.3 is 0 Å². The van der Waals surface area contributed by atoms with Crippen molar-refractivity contribution in [3.05, 3.63) is 33.8 Å². The van der Waals surface area contributed by atoms with Gasteiger partial charge in [0.05, 0.1) is 34.4 Å². The topological polar surface area (TPSA) is 84.5 Å². The summed E-state index contributed by atoms with van der Waals surface area (Å²) in [6, 6.07) is 5.14. The van der Waals surface area contributed by atoms with Crippen LogP contribution in [0.3, 0.4) is 0 Å². The normalized spacial score (nSPS) is 22.0.